The Morgan fingerprint density at radius 1 is 1.32 bits per heavy atom. The predicted octanol–water partition coefficient (Wildman–Crippen LogP) is 2.68. The minimum atomic E-state index is 0.360. The third-order valence-electron chi connectivity index (χ3n) is 2.72. The van der Waals surface area contributed by atoms with E-state index in [0.29, 0.717) is 17.6 Å². The van der Waals surface area contributed by atoms with Gasteiger partial charge in [0.25, 0.3) is 0 Å². The predicted molar refractivity (Wildman–Crippen MR) is 79.3 cm³/mol. The van der Waals surface area contributed by atoms with Crippen molar-refractivity contribution in [2.45, 2.75) is 26.5 Å². The van der Waals surface area contributed by atoms with E-state index >= 15 is 0 Å². The number of rotatable bonds is 5. The lowest BCUT2D eigenvalue weighted by Crippen LogP contribution is -2.08. The Hall–Kier alpha value is -1.88. The normalized spacial score (nSPS) is 10.7. The summed E-state index contributed by atoms with van der Waals surface area (Å²) < 4.78 is 7.57. The molecule has 2 N–H and O–H groups in total. The molecule has 2 aromatic rings. The number of hydrogen-bond acceptors (Lipinski definition) is 3. The minimum Gasteiger partial charge on any atom is -0.487 e. The van der Waals surface area contributed by atoms with Crippen LogP contribution < -0.4 is 10.5 Å². The van der Waals surface area contributed by atoms with Gasteiger partial charge in [0, 0.05) is 17.8 Å². The Balaban J connectivity index is 1.96. The Bertz CT molecular complexity index is 560. The maximum atomic E-state index is 5.66. The minimum absolute atomic E-state index is 0.360. The van der Waals surface area contributed by atoms with Crippen LogP contribution in [-0.2, 0) is 6.61 Å². The van der Waals surface area contributed by atoms with E-state index in [2.05, 4.69) is 18.9 Å². The molecule has 19 heavy (non-hydrogen) atoms. The van der Waals surface area contributed by atoms with Crippen LogP contribution in [0.5, 0.6) is 5.75 Å². The average Bonchev–Trinajstić information content (AvgIpc) is 2.86. The van der Waals surface area contributed by atoms with Crippen LogP contribution in [0.25, 0.3) is 0 Å². The summed E-state index contributed by atoms with van der Waals surface area (Å²) in [6, 6.07) is 9.73. The van der Waals surface area contributed by atoms with Crippen molar-refractivity contribution in [2.75, 3.05) is 0 Å². The molecule has 4 nitrogen and oxygen atoms in total. The van der Waals surface area contributed by atoms with E-state index in [0.717, 1.165) is 17.0 Å². The number of thiocarbonyl (C=S) groups is 1. The number of benzene rings is 1. The highest BCUT2D eigenvalue weighted by atomic mass is 32.1. The second-order valence-corrected chi connectivity index (χ2v) is 5.00. The van der Waals surface area contributed by atoms with E-state index in [9.17, 15) is 0 Å². The molecule has 0 saturated heterocycles. The first-order chi connectivity index (χ1) is 9.06. The Morgan fingerprint density at radius 3 is 2.53 bits per heavy atom. The van der Waals surface area contributed by atoms with E-state index in [1.54, 1.807) is 0 Å². The summed E-state index contributed by atoms with van der Waals surface area (Å²) in [5, 5.41) is 4.42. The highest BCUT2D eigenvalue weighted by Crippen LogP contribution is 2.14. The molecule has 0 atom stereocenters. The van der Waals surface area contributed by atoms with Crippen molar-refractivity contribution in [1.82, 2.24) is 9.78 Å². The molecule has 2 rings (SSSR count). The number of nitrogens with zero attached hydrogens (tertiary/aromatic N) is 2. The topological polar surface area (TPSA) is 53.1 Å². The van der Waals surface area contributed by atoms with E-state index in [1.165, 1.54) is 0 Å². The molecule has 0 aliphatic carbocycles. The van der Waals surface area contributed by atoms with Crippen molar-refractivity contribution in [3.05, 3.63) is 47.8 Å². The summed E-state index contributed by atoms with van der Waals surface area (Å²) >= 11 is 4.90. The molecule has 0 unspecified atom stereocenters. The lowest BCUT2D eigenvalue weighted by molar-refractivity contribution is 0.298. The van der Waals surface area contributed by atoms with Crippen LogP contribution >= 0.6 is 12.2 Å². The maximum absolute atomic E-state index is 5.66. The molecular formula is C14H17N3OS. The molecule has 1 heterocycles. The van der Waals surface area contributed by atoms with Crippen LogP contribution in [0.15, 0.2) is 36.5 Å². The zero-order valence-corrected chi connectivity index (χ0v) is 11.9. The molecular weight excluding hydrogens is 258 g/mol. The van der Waals surface area contributed by atoms with Gasteiger partial charge in [-0.25, -0.2) is 0 Å². The smallest absolute Gasteiger partial charge is 0.132 e. The first kappa shape index (κ1) is 13.5. The van der Waals surface area contributed by atoms with Gasteiger partial charge in [-0.3, -0.25) is 4.68 Å². The zero-order chi connectivity index (χ0) is 13.8. The molecule has 0 spiro atoms. The van der Waals surface area contributed by atoms with Crippen LogP contribution in [-0.4, -0.2) is 14.8 Å². The molecule has 0 aliphatic heterocycles. The van der Waals surface area contributed by atoms with Crippen molar-refractivity contribution in [3.8, 4) is 5.75 Å². The fourth-order valence-electron chi connectivity index (χ4n) is 1.61. The van der Waals surface area contributed by atoms with Crippen molar-refractivity contribution >= 4 is 17.2 Å². The Morgan fingerprint density at radius 2 is 2.00 bits per heavy atom. The van der Waals surface area contributed by atoms with Crippen molar-refractivity contribution in [3.63, 3.8) is 0 Å². The van der Waals surface area contributed by atoms with Gasteiger partial charge in [0.2, 0.25) is 0 Å². The molecule has 1 aromatic heterocycles. The third-order valence-corrected chi connectivity index (χ3v) is 2.95. The van der Waals surface area contributed by atoms with Gasteiger partial charge in [-0.05, 0) is 44.2 Å². The lowest BCUT2D eigenvalue weighted by Gasteiger charge is -2.06. The second kappa shape index (κ2) is 5.84. The molecule has 0 fully saturated rings. The lowest BCUT2D eigenvalue weighted by atomic mass is 10.2. The van der Waals surface area contributed by atoms with Gasteiger partial charge in [-0.15, -0.1) is 0 Å². The Labute approximate surface area is 118 Å². The van der Waals surface area contributed by atoms with Gasteiger partial charge in [0.1, 0.15) is 17.3 Å². The van der Waals surface area contributed by atoms with Gasteiger partial charge in [0.15, 0.2) is 0 Å². The van der Waals surface area contributed by atoms with Crippen LogP contribution in [0.4, 0.5) is 0 Å². The number of aromatic nitrogens is 2. The Kier molecular flexibility index (Phi) is 4.16. The molecule has 0 saturated carbocycles. The molecule has 0 amide bonds. The number of nitrogens with two attached hydrogens (primary N) is 1. The highest BCUT2D eigenvalue weighted by molar-refractivity contribution is 7.80. The second-order valence-electron chi connectivity index (χ2n) is 4.56. The van der Waals surface area contributed by atoms with Crippen LogP contribution in [0.3, 0.4) is 0 Å². The monoisotopic (exact) mass is 275 g/mol. The summed E-state index contributed by atoms with van der Waals surface area (Å²) in [4.78, 5) is 0.391. The SMILES string of the molecule is CC(C)n1ccc(COc2ccc(C(N)=S)cc2)n1. The summed E-state index contributed by atoms with van der Waals surface area (Å²) in [5.41, 5.74) is 7.29. The van der Waals surface area contributed by atoms with Gasteiger partial charge in [0.05, 0.1) is 5.69 Å². The maximum Gasteiger partial charge on any atom is 0.132 e. The molecule has 0 bridgehead atoms. The van der Waals surface area contributed by atoms with Crippen LogP contribution in [0.1, 0.15) is 31.1 Å². The average molecular weight is 275 g/mol. The first-order valence-corrected chi connectivity index (χ1v) is 6.54. The third kappa shape index (κ3) is 3.54. The first-order valence-electron chi connectivity index (χ1n) is 6.13. The molecule has 0 aliphatic rings. The number of hydrogen-bond donors (Lipinski definition) is 1. The highest BCUT2D eigenvalue weighted by Gasteiger charge is 2.03. The molecule has 100 valence electrons. The van der Waals surface area contributed by atoms with Gasteiger partial charge < -0.3 is 10.5 Å². The fraction of sp³-hybridized carbons (Fsp3) is 0.286. The fourth-order valence-corrected chi connectivity index (χ4v) is 1.75. The molecule has 0 radical (unpaired) electrons. The molecule has 5 heteroatoms. The van der Waals surface area contributed by atoms with Gasteiger partial charge in [-0.1, -0.05) is 12.2 Å². The quantitative estimate of drug-likeness (QED) is 0.852. The summed E-state index contributed by atoms with van der Waals surface area (Å²) in [7, 11) is 0. The summed E-state index contributed by atoms with van der Waals surface area (Å²) in [6.45, 7) is 4.63. The number of ether oxygens (including phenoxy) is 1. The largest absolute Gasteiger partial charge is 0.487 e. The van der Waals surface area contributed by atoms with E-state index < -0.39 is 0 Å². The van der Waals surface area contributed by atoms with Crippen molar-refractivity contribution in [2.24, 2.45) is 5.73 Å². The van der Waals surface area contributed by atoms with Crippen molar-refractivity contribution in [1.29, 1.82) is 0 Å². The van der Waals surface area contributed by atoms with Crippen LogP contribution in [0, 0.1) is 0 Å². The van der Waals surface area contributed by atoms with E-state index in [4.69, 9.17) is 22.7 Å². The van der Waals surface area contributed by atoms with E-state index in [-0.39, 0.29) is 0 Å². The zero-order valence-electron chi connectivity index (χ0n) is 11.0. The summed E-state index contributed by atoms with van der Waals surface area (Å²) in [6.07, 6.45) is 1.96. The van der Waals surface area contributed by atoms with Crippen LogP contribution in [0.2, 0.25) is 0 Å². The standard InChI is InChI=1S/C14H17N3OS/c1-10(2)17-8-7-12(16-17)9-18-13-5-3-11(4-6-13)14(15)19/h3-8,10H,9H2,1-2H3,(H2,15,19). The van der Waals surface area contributed by atoms with Crippen molar-refractivity contribution < 1.29 is 4.74 Å². The molecule has 1 aromatic carbocycles. The summed E-state index contributed by atoms with van der Waals surface area (Å²) in [5.74, 6) is 0.777. The van der Waals surface area contributed by atoms with Gasteiger partial charge in [-0.2, -0.15) is 5.10 Å². The van der Waals surface area contributed by atoms with Gasteiger partial charge >= 0.3 is 0 Å². The van der Waals surface area contributed by atoms with E-state index in [1.807, 2.05) is 41.2 Å².